The first-order chi connectivity index (χ1) is 13.5. The van der Waals surface area contributed by atoms with Crippen LogP contribution in [-0.2, 0) is 13.1 Å². The Hall–Kier alpha value is -2.33. The maximum absolute atomic E-state index is 13.2. The van der Waals surface area contributed by atoms with Crippen molar-refractivity contribution in [1.29, 1.82) is 0 Å². The molecule has 0 saturated carbocycles. The van der Waals surface area contributed by atoms with E-state index >= 15 is 0 Å². The monoisotopic (exact) mass is 397 g/mol. The average molecular weight is 398 g/mol. The minimum Gasteiger partial charge on any atom is -0.331 e. The molecule has 0 bridgehead atoms. The summed E-state index contributed by atoms with van der Waals surface area (Å²) >= 11 is 6.22. The number of aromatic nitrogens is 2. The van der Waals surface area contributed by atoms with Gasteiger partial charge in [0, 0.05) is 23.7 Å². The highest BCUT2D eigenvalue weighted by molar-refractivity contribution is 6.31. The summed E-state index contributed by atoms with van der Waals surface area (Å²) in [6.45, 7) is 8.56. The summed E-state index contributed by atoms with van der Waals surface area (Å²) in [5, 5.41) is 0.702. The number of carbonyl (C=O) groups is 1. The lowest BCUT2D eigenvalue weighted by Gasteiger charge is -2.24. The zero-order valence-corrected chi connectivity index (χ0v) is 17.6. The van der Waals surface area contributed by atoms with E-state index in [0.29, 0.717) is 29.6 Å². The van der Waals surface area contributed by atoms with E-state index < -0.39 is 0 Å². The van der Waals surface area contributed by atoms with Gasteiger partial charge in [-0.25, -0.2) is 4.98 Å². The summed E-state index contributed by atoms with van der Waals surface area (Å²) in [6.07, 6.45) is 1.95. The highest BCUT2D eigenvalue weighted by atomic mass is 35.5. The SMILES string of the molecule is CCCn1c(CN(CCC(C)C)C(=O)c2ccccc2)nc2ccc(Cl)cc21. The molecule has 0 spiro atoms. The smallest absolute Gasteiger partial charge is 0.254 e. The molecule has 0 aliphatic carbocycles. The molecule has 1 amide bonds. The van der Waals surface area contributed by atoms with Crippen LogP contribution in [0.2, 0.25) is 5.02 Å². The van der Waals surface area contributed by atoms with E-state index in [1.807, 2.05) is 53.4 Å². The summed E-state index contributed by atoms with van der Waals surface area (Å²) in [7, 11) is 0. The molecule has 0 atom stereocenters. The highest BCUT2D eigenvalue weighted by Crippen LogP contribution is 2.23. The van der Waals surface area contributed by atoms with Crippen LogP contribution in [0.3, 0.4) is 0 Å². The van der Waals surface area contributed by atoms with Crippen molar-refractivity contribution in [3.8, 4) is 0 Å². The Morgan fingerprint density at radius 2 is 1.93 bits per heavy atom. The van der Waals surface area contributed by atoms with Crippen LogP contribution in [0.25, 0.3) is 11.0 Å². The Labute approximate surface area is 172 Å². The Kier molecular flexibility index (Phi) is 6.74. The second kappa shape index (κ2) is 9.24. The predicted octanol–water partition coefficient (Wildman–Crippen LogP) is 5.79. The number of halogens is 1. The van der Waals surface area contributed by atoms with Gasteiger partial charge < -0.3 is 9.47 Å². The predicted molar refractivity (Wildman–Crippen MR) is 116 cm³/mol. The van der Waals surface area contributed by atoms with Crippen molar-refractivity contribution in [1.82, 2.24) is 14.5 Å². The average Bonchev–Trinajstić information content (AvgIpc) is 3.02. The molecule has 0 unspecified atom stereocenters. The van der Waals surface area contributed by atoms with Gasteiger partial charge in [-0.3, -0.25) is 4.79 Å². The van der Waals surface area contributed by atoms with E-state index in [1.54, 1.807) is 0 Å². The fraction of sp³-hybridized carbons (Fsp3) is 0.391. The number of hydrogen-bond donors (Lipinski definition) is 0. The number of benzene rings is 2. The molecule has 0 radical (unpaired) electrons. The van der Waals surface area contributed by atoms with Crippen LogP contribution < -0.4 is 0 Å². The number of amides is 1. The van der Waals surface area contributed by atoms with Crippen LogP contribution >= 0.6 is 11.6 Å². The Morgan fingerprint density at radius 3 is 2.61 bits per heavy atom. The Bertz CT molecular complexity index is 934. The lowest BCUT2D eigenvalue weighted by Crippen LogP contribution is -2.33. The van der Waals surface area contributed by atoms with Gasteiger partial charge in [-0.15, -0.1) is 0 Å². The number of rotatable bonds is 8. The number of carbonyl (C=O) groups excluding carboxylic acids is 1. The van der Waals surface area contributed by atoms with Crippen LogP contribution in [0.4, 0.5) is 0 Å². The molecule has 3 rings (SSSR count). The maximum Gasteiger partial charge on any atom is 0.254 e. The summed E-state index contributed by atoms with van der Waals surface area (Å²) in [4.78, 5) is 19.9. The van der Waals surface area contributed by atoms with Gasteiger partial charge in [0.25, 0.3) is 5.91 Å². The number of nitrogens with zero attached hydrogens (tertiary/aromatic N) is 3. The van der Waals surface area contributed by atoms with E-state index in [-0.39, 0.29) is 5.91 Å². The maximum atomic E-state index is 13.2. The van der Waals surface area contributed by atoms with E-state index in [4.69, 9.17) is 16.6 Å². The van der Waals surface area contributed by atoms with Gasteiger partial charge in [0.15, 0.2) is 0 Å². The third-order valence-corrected chi connectivity index (χ3v) is 5.09. The van der Waals surface area contributed by atoms with Gasteiger partial charge in [0.1, 0.15) is 5.82 Å². The molecule has 5 heteroatoms. The van der Waals surface area contributed by atoms with Crippen molar-refractivity contribution >= 4 is 28.5 Å². The van der Waals surface area contributed by atoms with Crippen LogP contribution in [0.5, 0.6) is 0 Å². The van der Waals surface area contributed by atoms with Crippen molar-refractivity contribution in [3.05, 3.63) is 64.9 Å². The van der Waals surface area contributed by atoms with Gasteiger partial charge in [-0.2, -0.15) is 0 Å². The van der Waals surface area contributed by atoms with Crippen LogP contribution in [0.1, 0.15) is 49.8 Å². The molecule has 3 aromatic rings. The zero-order chi connectivity index (χ0) is 20.1. The third kappa shape index (κ3) is 4.74. The number of fused-ring (bicyclic) bond motifs is 1. The Balaban J connectivity index is 1.95. The van der Waals surface area contributed by atoms with Crippen molar-refractivity contribution < 1.29 is 4.79 Å². The first kappa shape index (κ1) is 20.4. The topological polar surface area (TPSA) is 38.1 Å². The summed E-state index contributed by atoms with van der Waals surface area (Å²) < 4.78 is 2.20. The normalized spacial score (nSPS) is 11.3. The van der Waals surface area contributed by atoms with Crippen molar-refractivity contribution in [2.75, 3.05) is 6.54 Å². The lowest BCUT2D eigenvalue weighted by molar-refractivity contribution is 0.0729. The van der Waals surface area contributed by atoms with E-state index in [2.05, 4.69) is 25.3 Å². The van der Waals surface area contributed by atoms with Crippen LogP contribution in [-0.4, -0.2) is 26.9 Å². The van der Waals surface area contributed by atoms with Crippen molar-refractivity contribution in [3.63, 3.8) is 0 Å². The molecule has 4 nitrogen and oxygen atoms in total. The van der Waals surface area contributed by atoms with Crippen molar-refractivity contribution in [2.45, 2.75) is 46.7 Å². The first-order valence-electron chi connectivity index (χ1n) is 9.98. The molecule has 0 aliphatic heterocycles. The molecule has 0 saturated heterocycles. The molecule has 2 aromatic carbocycles. The lowest BCUT2D eigenvalue weighted by atomic mass is 10.1. The summed E-state index contributed by atoms with van der Waals surface area (Å²) in [6, 6.07) is 15.3. The fourth-order valence-corrected chi connectivity index (χ4v) is 3.51. The molecule has 148 valence electrons. The summed E-state index contributed by atoms with van der Waals surface area (Å²) in [5.74, 6) is 1.49. The molecular formula is C23H28ClN3O. The van der Waals surface area contributed by atoms with E-state index in [1.165, 1.54) is 0 Å². The first-order valence-corrected chi connectivity index (χ1v) is 10.4. The Morgan fingerprint density at radius 1 is 1.18 bits per heavy atom. The quantitative estimate of drug-likeness (QED) is 0.482. The van der Waals surface area contributed by atoms with Gasteiger partial charge in [0.05, 0.1) is 17.6 Å². The fourth-order valence-electron chi connectivity index (χ4n) is 3.34. The molecule has 0 N–H and O–H groups in total. The minimum atomic E-state index is 0.0504. The van der Waals surface area contributed by atoms with Gasteiger partial charge in [0.2, 0.25) is 0 Å². The van der Waals surface area contributed by atoms with Crippen LogP contribution in [0.15, 0.2) is 48.5 Å². The summed E-state index contributed by atoms with van der Waals surface area (Å²) in [5.41, 5.74) is 2.66. The molecule has 1 heterocycles. The molecule has 0 aliphatic rings. The zero-order valence-electron chi connectivity index (χ0n) is 16.9. The standard InChI is InChI=1S/C23H28ClN3O/c1-4-13-27-21-15-19(24)10-11-20(21)25-22(27)16-26(14-12-17(2)3)23(28)18-8-6-5-7-9-18/h5-11,15,17H,4,12-14,16H2,1-3H3. The molecule has 1 aromatic heterocycles. The number of imidazole rings is 1. The molecule has 28 heavy (non-hydrogen) atoms. The number of hydrogen-bond acceptors (Lipinski definition) is 2. The second-order valence-corrected chi connectivity index (χ2v) is 8.02. The highest BCUT2D eigenvalue weighted by Gasteiger charge is 2.20. The molecular weight excluding hydrogens is 370 g/mol. The van der Waals surface area contributed by atoms with Gasteiger partial charge in [-0.05, 0) is 49.1 Å². The van der Waals surface area contributed by atoms with Gasteiger partial charge >= 0.3 is 0 Å². The van der Waals surface area contributed by atoms with Gasteiger partial charge in [-0.1, -0.05) is 50.6 Å². The van der Waals surface area contributed by atoms with E-state index in [0.717, 1.165) is 36.2 Å². The third-order valence-electron chi connectivity index (χ3n) is 4.85. The largest absolute Gasteiger partial charge is 0.331 e. The van der Waals surface area contributed by atoms with Crippen molar-refractivity contribution in [2.24, 2.45) is 5.92 Å². The number of aryl methyl sites for hydroxylation is 1. The van der Waals surface area contributed by atoms with Crippen LogP contribution in [0, 0.1) is 5.92 Å². The molecule has 0 fully saturated rings. The second-order valence-electron chi connectivity index (χ2n) is 7.59. The van der Waals surface area contributed by atoms with E-state index in [9.17, 15) is 4.79 Å². The minimum absolute atomic E-state index is 0.0504.